The van der Waals surface area contributed by atoms with Crippen LogP contribution in [0.25, 0.3) is 0 Å². The van der Waals surface area contributed by atoms with E-state index < -0.39 is 6.29 Å². The number of hydrogen-bond donors (Lipinski definition) is 1. The summed E-state index contributed by atoms with van der Waals surface area (Å²) in [6.45, 7) is 6.73. The van der Waals surface area contributed by atoms with Gasteiger partial charge in [-0.3, -0.25) is 0 Å². The number of aliphatic hydroxyl groups excluding tert-OH is 1. The van der Waals surface area contributed by atoms with Gasteiger partial charge in [0.15, 0.2) is 6.29 Å². The second kappa shape index (κ2) is 2.57. The molecule has 0 aromatic heterocycles. The summed E-state index contributed by atoms with van der Waals surface area (Å²) in [5, 5.41) is 9.66. The molecule has 1 aliphatic heterocycles. The van der Waals surface area contributed by atoms with E-state index in [-0.39, 0.29) is 5.41 Å². The lowest BCUT2D eigenvalue weighted by atomic mass is 9.56. The van der Waals surface area contributed by atoms with Gasteiger partial charge in [-0.05, 0) is 32.1 Å². The third-order valence-corrected chi connectivity index (χ3v) is 3.52. The van der Waals surface area contributed by atoms with Crippen LogP contribution in [0.2, 0.25) is 0 Å². The van der Waals surface area contributed by atoms with E-state index >= 15 is 0 Å². The molecule has 1 heterocycles. The average Bonchev–Trinajstić information content (AvgIpc) is 2.29. The summed E-state index contributed by atoms with van der Waals surface area (Å²) < 4.78 is 5.21. The van der Waals surface area contributed by atoms with Crippen molar-refractivity contribution in [3.05, 3.63) is 12.2 Å². The molecule has 0 amide bonds. The van der Waals surface area contributed by atoms with Gasteiger partial charge in [-0.15, -0.1) is 0 Å². The normalized spacial score (nSPS) is 46.2. The standard InChI is InChI=1S/C10H16O2/c1-7(2)8-3-4-10(8)5-6-12-9(10)11/h8-9,11H,1,3-6H2,2H3/t8-,9?,10-/m1/s1. The van der Waals surface area contributed by atoms with Gasteiger partial charge < -0.3 is 9.84 Å². The third kappa shape index (κ3) is 0.882. The zero-order valence-corrected chi connectivity index (χ0v) is 7.55. The summed E-state index contributed by atoms with van der Waals surface area (Å²) in [6, 6.07) is 0. The van der Waals surface area contributed by atoms with Crippen molar-refractivity contribution in [1.82, 2.24) is 0 Å². The predicted molar refractivity (Wildman–Crippen MR) is 46.5 cm³/mol. The molecule has 0 radical (unpaired) electrons. The average molecular weight is 168 g/mol. The highest BCUT2D eigenvalue weighted by Gasteiger charge is 2.55. The first-order valence-electron chi connectivity index (χ1n) is 4.62. The van der Waals surface area contributed by atoms with Crippen LogP contribution in [0.3, 0.4) is 0 Å². The van der Waals surface area contributed by atoms with Crippen molar-refractivity contribution in [2.24, 2.45) is 11.3 Å². The van der Waals surface area contributed by atoms with Gasteiger partial charge in [0.2, 0.25) is 0 Å². The fourth-order valence-corrected chi connectivity index (χ4v) is 2.64. The van der Waals surface area contributed by atoms with Crippen LogP contribution in [-0.4, -0.2) is 18.0 Å². The zero-order chi connectivity index (χ0) is 8.77. The first-order valence-corrected chi connectivity index (χ1v) is 4.62. The summed E-state index contributed by atoms with van der Waals surface area (Å²) in [7, 11) is 0. The molecule has 1 unspecified atom stereocenters. The first kappa shape index (κ1) is 8.27. The van der Waals surface area contributed by atoms with Crippen molar-refractivity contribution in [2.45, 2.75) is 32.5 Å². The molecule has 2 heteroatoms. The molecule has 12 heavy (non-hydrogen) atoms. The van der Waals surface area contributed by atoms with Gasteiger partial charge in [-0.2, -0.15) is 0 Å². The van der Waals surface area contributed by atoms with E-state index in [0.717, 1.165) is 12.8 Å². The number of hydrogen-bond acceptors (Lipinski definition) is 2. The Hall–Kier alpha value is -0.340. The summed E-state index contributed by atoms with van der Waals surface area (Å²) in [6.07, 6.45) is 2.75. The molecule has 2 nitrogen and oxygen atoms in total. The monoisotopic (exact) mass is 168 g/mol. The molecular weight excluding hydrogens is 152 g/mol. The maximum absolute atomic E-state index is 9.66. The lowest BCUT2D eigenvalue weighted by molar-refractivity contribution is -0.161. The number of allylic oxidation sites excluding steroid dienone is 1. The minimum Gasteiger partial charge on any atom is -0.367 e. The summed E-state index contributed by atoms with van der Waals surface area (Å²) in [4.78, 5) is 0. The van der Waals surface area contributed by atoms with E-state index in [1.165, 1.54) is 12.0 Å². The maximum Gasteiger partial charge on any atom is 0.160 e. The first-order chi connectivity index (χ1) is 5.67. The Morgan fingerprint density at radius 1 is 1.58 bits per heavy atom. The fourth-order valence-electron chi connectivity index (χ4n) is 2.64. The van der Waals surface area contributed by atoms with Crippen molar-refractivity contribution < 1.29 is 9.84 Å². The Balaban J connectivity index is 2.16. The van der Waals surface area contributed by atoms with Crippen LogP contribution in [0, 0.1) is 11.3 Å². The Labute approximate surface area is 73.2 Å². The SMILES string of the molecule is C=C(C)[C@H]1CC[C@@]12CCOC2O. The van der Waals surface area contributed by atoms with Crippen LogP contribution in [0.4, 0.5) is 0 Å². The highest BCUT2D eigenvalue weighted by molar-refractivity contribution is 5.13. The summed E-state index contributed by atoms with van der Waals surface area (Å²) in [5.74, 6) is 0.495. The Morgan fingerprint density at radius 2 is 2.33 bits per heavy atom. The molecule has 0 aromatic rings. The maximum atomic E-state index is 9.66. The number of ether oxygens (including phenoxy) is 1. The smallest absolute Gasteiger partial charge is 0.160 e. The van der Waals surface area contributed by atoms with Crippen LogP contribution < -0.4 is 0 Å². The van der Waals surface area contributed by atoms with Gasteiger partial charge in [-0.1, -0.05) is 12.2 Å². The lowest BCUT2D eigenvalue weighted by Crippen LogP contribution is -2.46. The van der Waals surface area contributed by atoms with Crippen LogP contribution in [0.1, 0.15) is 26.2 Å². The van der Waals surface area contributed by atoms with Gasteiger partial charge in [0.25, 0.3) is 0 Å². The molecule has 1 spiro atoms. The quantitative estimate of drug-likeness (QED) is 0.604. The minimum atomic E-state index is -0.534. The van der Waals surface area contributed by atoms with Crippen molar-refractivity contribution in [1.29, 1.82) is 0 Å². The van der Waals surface area contributed by atoms with Crippen LogP contribution in [-0.2, 0) is 4.74 Å². The molecule has 0 aromatic carbocycles. The van der Waals surface area contributed by atoms with Crippen molar-refractivity contribution in [3.63, 3.8) is 0 Å². The topological polar surface area (TPSA) is 29.5 Å². The summed E-state index contributed by atoms with van der Waals surface area (Å²) >= 11 is 0. The van der Waals surface area contributed by atoms with Gasteiger partial charge in [0, 0.05) is 5.41 Å². The van der Waals surface area contributed by atoms with Crippen molar-refractivity contribution >= 4 is 0 Å². The van der Waals surface area contributed by atoms with Crippen molar-refractivity contribution in [3.8, 4) is 0 Å². The van der Waals surface area contributed by atoms with E-state index in [1.54, 1.807) is 0 Å². The van der Waals surface area contributed by atoms with E-state index in [4.69, 9.17) is 4.74 Å². The lowest BCUT2D eigenvalue weighted by Gasteiger charge is -2.48. The van der Waals surface area contributed by atoms with Crippen LogP contribution in [0.5, 0.6) is 0 Å². The zero-order valence-electron chi connectivity index (χ0n) is 7.55. The highest BCUT2D eigenvalue weighted by atomic mass is 16.6. The molecule has 1 saturated carbocycles. The van der Waals surface area contributed by atoms with Gasteiger partial charge in [0.05, 0.1) is 6.61 Å². The molecule has 1 aliphatic carbocycles. The number of rotatable bonds is 1. The largest absolute Gasteiger partial charge is 0.367 e. The molecule has 2 aliphatic rings. The van der Waals surface area contributed by atoms with Gasteiger partial charge in [0.1, 0.15) is 0 Å². The fraction of sp³-hybridized carbons (Fsp3) is 0.800. The number of aliphatic hydroxyl groups is 1. The molecule has 0 bridgehead atoms. The van der Waals surface area contributed by atoms with Gasteiger partial charge in [-0.25, -0.2) is 0 Å². The molecule has 1 saturated heterocycles. The molecule has 2 rings (SSSR count). The van der Waals surface area contributed by atoms with E-state index in [0.29, 0.717) is 12.5 Å². The molecule has 1 N–H and O–H groups in total. The second-order valence-corrected chi connectivity index (χ2v) is 4.14. The Morgan fingerprint density at radius 3 is 2.67 bits per heavy atom. The molecule has 68 valence electrons. The van der Waals surface area contributed by atoms with Crippen molar-refractivity contribution in [2.75, 3.05) is 6.61 Å². The van der Waals surface area contributed by atoms with E-state index in [9.17, 15) is 5.11 Å². The van der Waals surface area contributed by atoms with Gasteiger partial charge >= 0.3 is 0 Å². The molecule has 2 fully saturated rings. The van der Waals surface area contributed by atoms with Crippen LogP contribution in [0.15, 0.2) is 12.2 Å². The highest BCUT2D eigenvalue weighted by Crippen LogP contribution is 2.57. The van der Waals surface area contributed by atoms with Crippen LogP contribution >= 0.6 is 0 Å². The van der Waals surface area contributed by atoms with E-state index in [2.05, 4.69) is 13.5 Å². The second-order valence-electron chi connectivity index (χ2n) is 4.14. The third-order valence-electron chi connectivity index (χ3n) is 3.52. The summed E-state index contributed by atoms with van der Waals surface area (Å²) in [5.41, 5.74) is 1.25. The Bertz CT molecular complexity index is 212. The molecular formula is C10H16O2. The van der Waals surface area contributed by atoms with E-state index in [1.807, 2.05) is 0 Å². The minimum absolute atomic E-state index is 0.0475. The molecule has 3 atom stereocenters. The predicted octanol–water partition coefficient (Wildman–Crippen LogP) is 1.70. The Kier molecular flexibility index (Phi) is 1.77.